The van der Waals surface area contributed by atoms with E-state index in [9.17, 15) is 9.90 Å². The molecule has 136 valence electrons. The number of aliphatic hydroxyl groups is 1. The third kappa shape index (κ3) is 2.74. The molecule has 1 saturated heterocycles. The van der Waals surface area contributed by atoms with Crippen molar-refractivity contribution >= 4 is 6.03 Å². The molecule has 4 atom stereocenters. The van der Waals surface area contributed by atoms with Crippen LogP contribution in [0.2, 0.25) is 0 Å². The van der Waals surface area contributed by atoms with E-state index in [-0.39, 0.29) is 30.1 Å². The first kappa shape index (κ1) is 16.9. The summed E-state index contributed by atoms with van der Waals surface area (Å²) >= 11 is 0. The van der Waals surface area contributed by atoms with Crippen molar-refractivity contribution < 1.29 is 14.6 Å². The topological polar surface area (TPSA) is 70.6 Å². The van der Waals surface area contributed by atoms with Crippen molar-refractivity contribution in [1.82, 2.24) is 10.6 Å². The van der Waals surface area contributed by atoms with Crippen molar-refractivity contribution in [2.45, 2.75) is 57.2 Å². The molecule has 1 aromatic carbocycles. The zero-order valence-corrected chi connectivity index (χ0v) is 14.8. The Morgan fingerprint density at radius 1 is 1.36 bits per heavy atom. The summed E-state index contributed by atoms with van der Waals surface area (Å²) in [4.78, 5) is 12.6. The lowest BCUT2D eigenvalue weighted by Crippen LogP contribution is -2.72. The lowest BCUT2D eigenvalue weighted by molar-refractivity contribution is -0.172. The molecule has 5 nitrogen and oxygen atoms in total. The second kappa shape index (κ2) is 6.61. The number of nitrogens with one attached hydrogen (secondary N) is 2. The molecule has 1 aromatic rings. The van der Waals surface area contributed by atoms with Crippen LogP contribution in [0.3, 0.4) is 0 Å². The van der Waals surface area contributed by atoms with Crippen molar-refractivity contribution in [3.05, 3.63) is 35.4 Å². The van der Waals surface area contributed by atoms with E-state index in [1.165, 1.54) is 12.0 Å². The molecule has 5 heteroatoms. The van der Waals surface area contributed by atoms with Gasteiger partial charge in [0.15, 0.2) is 0 Å². The Hall–Kier alpha value is -1.59. The smallest absolute Gasteiger partial charge is 0.315 e. The van der Waals surface area contributed by atoms with Gasteiger partial charge in [0.1, 0.15) is 0 Å². The first-order valence-corrected chi connectivity index (χ1v) is 9.56. The Balaban J connectivity index is 1.39. The number of carbonyl (C=O) groups is 1. The molecule has 0 radical (unpaired) electrons. The van der Waals surface area contributed by atoms with E-state index >= 15 is 0 Å². The maximum absolute atomic E-state index is 12.6. The highest BCUT2D eigenvalue weighted by Crippen LogP contribution is 2.62. The number of carbonyl (C=O) groups excluding carboxylic acids is 1. The van der Waals surface area contributed by atoms with Crippen molar-refractivity contribution in [2.75, 3.05) is 13.2 Å². The fraction of sp³-hybridized carbons (Fsp3) is 0.650. The molecule has 2 aliphatic carbocycles. The number of hydrogen-bond acceptors (Lipinski definition) is 3. The van der Waals surface area contributed by atoms with Gasteiger partial charge in [-0.05, 0) is 36.8 Å². The van der Waals surface area contributed by atoms with E-state index < -0.39 is 0 Å². The fourth-order valence-electron chi connectivity index (χ4n) is 5.02. The molecule has 2 amide bonds. The lowest BCUT2D eigenvalue weighted by atomic mass is 9.46. The number of aryl methyl sites for hydroxylation is 1. The minimum Gasteiger partial charge on any atom is -0.394 e. The molecule has 3 aliphatic rings. The van der Waals surface area contributed by atoms with Crippen LogP contribution in [0.1, 0.15) is 49.8 Å². The summed E-state index contributed by atoms with van der Waals surface area (Å²) in [7, 11) is 0. The summed E-state index contributed by atoms with van der Waals surface area (Å²) in [6.07, 6.45) is 5.91. The van der Waals surface area contributed by atoms with E-state index in [4.69, 9.17) is 4.74 Å². The minimum absolute atomic E-state index is 0.107. The predicted octanol–water partition coefficient (Wildman–Crippen LogP) is 2.54. The van der Waals surface area contributed by atoms with Crippen molar-refractivity contribution in [3.63, 3.8) is 0 Å². The SMILES string of the molecule is CCc1ccc(C(CO)NC(=O)NC2C3CCOC3C23CCC3)cc1. The van der Waals surface area contributed by atoms with Gasteiger partial charge in [-0.1, -0.05) is 37.6 Å². The molecule has 25 heavy (non-hydrogen) atoms. The Kier molecular flexibility index (Phi) is 4.46. The van der Waals surface area contributed by atoms with Crippen LogP contribution in [0.5, 0.6) is 0 Å². The van der Waals surface area contributed by atoms with Crippen LogP contribution in [0.25, 0.3) is 0 Å². The number of fused-ring (bicyclic) bond motifs is 2. The van der Waals surface area contributed by atoms with Crippen LogP contribution in [0.4, 0.5) is 4.79 Å². The Labute approximate surface area is 149 Å². The number of amides is 2. The normalized spacial score (nSPS) is 30.1. The number of rotatable bonds is 5. The maximum Gasteiger partial charge on any atom is 0.315 e. The van der Waals surface area contributed by atoms with Gasteiger partial charge in [0.05, 0.1) is 18.8 Å². The highest BCUT2D eigenvalue weighted by Gasteiger charge is 2.67. The van der Waals surface area contributed by atoms with Crippen molar-refractivity contribution in [1.29, 1.82) is 0 Å². The quantitative estimate of drug-likeness (QED) is 0.769. The van der Waals surface area contributed by atoms with Crippen LogP contribution < -0.4 is 10.6 Å². The average Bonchev–Trinajstić information content (AvgIpc) is 3.01. The van der Waals surface area contributed by atoms with Gasteiger partial charge < -0.3 is 20.5 Å². The van der Waals surface area contributed by atoms with Crippen molar-refractivity contribution in [3.8, 4) is 0 Å². The third-order valence-corrected chi connectivity index (χ3v) is 6.60. The summed E-state index contributed by atoms with van der Waals surface area (Å²) in [6, 6.07) is 7.73. The monoisotopic (exact) mass is 344 g/mol. The molecule has 4 rings (SSSR count). The minimum atomic E-state index is -0.376. The van der Waals surface area contributed by atoms with Crippen LogP contribution in [0.15, 0.2) is 24.3 Å². The van der Waals surface area contributed by atoms with Gasteiger partial charge in [-0.3, -0.25) is 0 Å². The third-order valence-electron chi connectivity index (χ3n) is 6.60. The van der Waals surface area contributed by atoms with Gasteiger partial charge in [0, 0.05) is 24.0 Å². The standard InChI is InChI=1S/C20H28N2O3/c1-2-13-4-6-14(7-5-13)16(12-23)21-19(24)22-17-15-8-11-25-18(15)20(17)9-3-10-20/h4-7,15-18,23H,2-3,8-12H2,1H3,(H2,21,22,24). The van der Waals surface area contributed by atoms with E-state index in [1.54, 1.807) is 0 Å². The van der Waals surface area contributed by atoms with E-state index in [0.29, 0.717) is 12.0 Å². The summed E-state index contributed by atoms with van der Waals surface area (Å²) in [6.45, 7) is 2.82. The number of ether oxygens (including phenoxy) is 1. The van der Waals surface area contributed by atoms with Gasteiger partial charge in [-0.15, -0.1) is 0 Å². The number of urea groups is 1. The van der Waals surface area contributed by atoms with E-state index in [2.05, 4.69) is 17.6 Å². The highest BCUT2D eigenvalue weighted by molar-refractivity contribution is 5.75. The molecule has 0 aromatic heterocycles. The molecule has 4 unspecified atom stereocenters. The van der Waals surface area contributed by atoms with Gasteiger partial charge in [0.2, 0.25) is 0 Å². The predicted molar refractivity (Wildman–Crippen MR) is 95.2 cm³/mol. The maximum atomic E-state index is 12.6. The molecule has 3 fully saturated rings. The van der Waals surface area contributed by atoms with Crippen LogP contribution >= 0.6 is 0 Å². The first-order chi connectivity index (χ1) is 12.2. The molecular formula is C20H28N2O3. The number of hydrogen-bond donors (Lipinski definition) is 3. The highest BCUT2D eigenvalue weighted by atomic mass is 16.5. The largest absolute Gasteiger partial charge is 0.394 e. The molecule has 1 spiro atoms. The van der Waals surface area contributed by atoms with Crippen molar-refractivity contribution in [2.24, 2.45) is 11.3 Å². The van der Waals surface area contributed by atoms with Gasteiger partial charge in [-0.25, -0.2) is 4.79 Å². The van der Waals surface area contributed by atoms with Crippen LogP contribution in [-0.2, 0) is 11.2 Å². The first-order valence-electron chi connectivity index (χ1n) is 9.56. The summed E-state index contributed by atoms with van der Waals surface area (Å²) in [5, 5.41) is 15.8. The zero-order chi connectivity index (χ0) is 17.4. The molecular weight excluding hydrogens is 316 g/mol. The Bertz CT molecular complexity index is 626. The molecule has 0 bridgehead atoms. The van der Waals surface area contributed by atoms with Gasteiger partial charge >= 0.3 is 6.03 Å². The number of benzene rings is 1. The molecule has 3 N–H and O–H groups in total. The summed E-state index contributed by atoms with van der Waals surface area (Å²) < 4.78 is 5.90. The van der Waals surface area contributed by atoms with Crippen LogP contribution in [0, 0.1) is 11.3 Å². The second-order valence-corrected chi connectivity index (χ2v) is 7.76. The molecule has 1 heterocycles. The molecule has 1 aliphatic heterocycles. The average molecular weight is 344 g/mol. The van der Waals surface area contributed by atoms with Gasteiger partial charge in [-0.2, -0.15) is 0 Å². The van der Waals surface area contributed by atoms with Crippen LogP contribution in [-0.4, -0.2) is 36.5 Å². The molecule has 2 saturated carbocycles. The fourth-order valence-corrected chi connectivity index (χ4v) is 5.02. The Morgan fingerprint density at radius 2 is 2.12 bits per heavy atom. The summed E-state index contributed by atoms with van der Waals surface area (Å²) in [5.41, 5.74) is 2.36. The lowest BCUT2D eigenvalue weighted by Gasteiger charge is -2.63. The number of aliphatic hydroxyl groups excluding tert-OH is 1. The Morgan fingerprint density at radius 3 is 2.72 bits per heavy atom. The second-order valence-electron chi connectivity index (χ2n) is 7.76. The summed E-state index contributed by atoms with van der Waals surface area (Å²) in [5.74, 6) is 0.461. The van der Waals surface area contributed by atoms with E-state index in [1.807, 2.05) is 24.3 Å². The zero-order valence-electron chi connectivity index (χ0n) is 14.8. The van der Waals surface area contributed by atoms with E-state index in [0.717, 1.165) is 37.9 Å². The van der Waals surface area contributed by atoms with Gasteiger partial charge in [0.25, 0.3) is 0 Å².